The molecule has 1 unspecified atom stereocenters. The highest BCUT2D eigenvalue weighted by molar-refractivity contribution is 5.81. The molecule has 2 rings (SSSR count). The van der Waals surface area contributed by atoms with E-state index in [1.165, 1.54) is 5.56 Å². The van der Waals surface area contributed by atoms with E-state index in [4.69, 9.17) is 4.74 Å². The zero-order valence-electron chi connectivity index (χ0n) is 9.19. The van der Waals surface area contributed by atoms with Gasteiger partial charge in [-0.05, 0) is 6.07 Å². The molecule has 0 saturated heterocycles. The van der Waals surface area contributed by atoms with E-state index in [0.717, 1.165) is 5.75 Å². The van der Waals surface area contributed by atoms with E-state index in [1.807, 2.05) is 32.0 Å². The summed E-state index contributed by atoms with van der Waals surface area (Å²) in [5.41, 5.74) is 1.19. The van der Waals surface area contributed by atoms with Crippen LogP contribution in [0, 0.1) is 5.92 Å². The Morgan fingerprint density at radius 3 is 2.93 bits per heavy atom. The Hall–Kier alpha value is -1.31. The van der Waals surface area contributed by atoms with E-state index in [9.17, 15) is 4.79 Å². The predicted octanol–water partition coefficient (Wildman–Crippen LogP) is 2.78. The molecule has 1 aromatic rings. The number of para-hydroxylation sites is 1. The van der Waals surface area contributed by atoms with Crippen LogP contribution in [0.4, 0.5) is 0 Å². The first-order chi connectivity index (χ1) is 7.18. The van der Waals surface area contributed by atoms with Gasteiger partial charge in [0.15, 0.2) is 0 Å². The molecular formula is C13H16O2. The van der Waals surface area contributed by atoms with Crippen molar-refractivity contribution in [3.8, 4) is 5.75 Å². The third kappa shape index (κ3) is 2.04. The highest BCUT2D eigenvalue weighted by Gasteiger charge is 2.26. The Morgan fingerprint density at radius 1 is 1.47 bits per heavy atom. The van der Waals surface area contributed by atoms with Crippen molar-refractivity contribution >= 4 is 5.78 Å². The molecule has 1 aromatic carbocycles. The molecule has 0 bridgehead atoms. The van der Waals surface area contributed by atoms with E-state index < -0.39 is 0 Å². The van der Waals surface area contributed by atoms with Gasteiger partial charge in [-0.25, -0.2) is 0 Å². The van der Waals surface area contributed by atoms with Gasteiger partial charge in [0.1, 0.15) is 11.5 Å². The minimum absolute atomic E-state index is 0.123. The van der Waals surface area contributed by atoms with Crippen molar-refractivity contribution in [1.29, 1.82) is 0 Å². The number of ether oxygens (including phenoxy) is 1. The summed E-state index contributed by atoms with van der Waals surface area (Å²) < 4.78 is 5.54. The quantitative estimate of drug-likeness (QED) is 0.756. The number of ketones is 1. The van der Waals surface area contributed by atoms with Crippen LogP contribution < -0.4 is 4.74 Å². The van der Waals surface area contributed by atoms with Crippen LogP contribution in [-0.2, 0) is 4.79 Å². The van der Waals surface area contributed by atoms with Gasteiger partial charge in [0, 0.05) is 23.8 Å². The molecule has 0 saturated carbocycles. The standard InChI is InChI=1S/C13H16O2/c1-9(2)12(14)7-10-8-15-13-6-4-3-5-11(10)13/h3-6,9-10H,7-8H2,1-2H3. The number of rotatable bonds is 3. The zero-order valence-corrected chi connectivity index (χ0v) is 9.19. The molecule has 2 nitrogen and oxygen atoms in total. The number of carbonyl (C=O) groups is 1. The number of hydrogen-bond acceptors (Lipinski definition) is 2. The Balaban J connectivity index is 2.11. The van der Waals surface area contributed by atoms with Crippen LogP contribution in [0.1, 0.15) is 31.7 Å². The van der Waals surface area contributed by atoms with Crippen molar-refractivity contribution in [1.82, 2.24) is 0 Å². The number of Topliss-reactive ketones (excluding diaryl/α,β-unsaturated/α-hetero) is 1. The van der Waals surface area contributed by atoms with Crippen molar-refractivity contribution in [2.45, 2.75) is 26.2 Å². The third-order valence-corrected chi connectivity index (χ3v) is 2.89. The highest BCUT2D eigenvalue weighted by atomic mass is 16.5. The van der Waals surface area contributed by atoms with Crippen LogP contribution in [0.25, 0.3) is 0 Å². The van der Waals surface area contributed by atoms with E-state index in [2.05, 4.69) is 6.07 Å². The van der Waals surface area contributed by atoms with Crippen molar-refractivity contribution in [2.75, 3.05) is 6.61 Å². The van der Waals surface area contributed by atoms with Crippen molar-refractivity contribution in [3.63, 3.8) is 0 Å². The molecule has 1 heterocycles. The smallest absolute Gasteiger partial charge is 0.136 e. The largest absolute Gasteiger partial charge is 0.493 e. The minimum atomic E-state index is 0.123. The lowest BCUT2D eigenvalue weighted by Gasteiger charge is -2.09. The van der Waals surface area contributed by atoms with Crippen LogP contribution in [0.5, 0.6) is 5.75 Å². The third-order valence-electron chi connectivity index (χ3n) is 2.89. The van der Waals surface area contributed by atoms with Gasteiger partial charge in [0.25, 0.3) is 0 Å². The van der Waals surface area contributed by atoms with Gasteiger partial charge >= 0.3 is 0 Å². The average molecular weight is 204 g/mol. The fourth-order valence-electron chi connectivity index (χ4n) is 1.88. The molecule has 2 heteroatoms. The van der Waals surface area contributed by atoms with E-state index in [1.54, 1.807) is 0 Å². The van der Waals surface area contributed by atoms with Crippen LogP contribution in [0.3, 0.4) is 0 Å². The number of hydrogen-bond donors (Lipinski definition) is 0. The second-order valence-corrected chi connectivity index (χ2v) is 4.37. The SMILES string of the molecule is CC(C)C(=O)CC1COc2ccccc21. The first-order valence-electron chi connectivity index (χ1n) is 5.43. The second-order valence-electron chi connectivity index (χ2n) is 4.37. The lowest BCUT2D eigenvalue weighted by atomic mass is 9.92. The van der Waals surface area contributed by atoms with Crippen molar-refractivity contribution in [2.24, 2.45) is 5.92 Å². The first kappa shape index (κ1) is 10.2. The van der Waals surface area contributed by atoms with Gasteiger partial charge in [-0.3, -0.25) is 4.79 Å². The number of benzene rings is 1. The fourth-order valence-corrected chi connectivity index (χ4v) is 1.88. The summed E-state index contributed by atoms with van der Waals surface area (Å²) in [5, 5.41) is 0. The van der Waals surface area contributed by atoms with Crippen molar-refractivity contribution in [3.05, 3.63) is 29.8 Å². The molecule has 0 aromatic heterocycles. The van der Waals surface area contributed by atoms with Crippen LogP contribution in [0.2, 0.25) is 0 Å². The molecule has 1 atom stereocenters. The Labute approximate surface area is 90.3 Å². The van der Waals surface area contributed by atoms with Crippen LogP contribution in [0.15, 0.2) is 24.3 Å². The maximum absolute atomic E-state index is 11.7. The molecule has 0 amide bonds. The van der Waals surface area contributed by atoms with Crippen LogP contribution >= 0.6 is 0 Å². The topological polar surface area (TPSA) is 26.3 Å². The monoisotopic (exact) mass is 204 g/mol. The van der Waals surface area contributed by atoms with E-state index in [-0.39, 0.29) is 11.8 Å². The molecule has 0 spiro atoms. The van der Waals surface area contributed by atoms with Crippen LogP contribution in [-0.4, -0.2) is 12.4 Å². The summed E-state index contributed by atoms with van der Waals surface area (Å²) in [7, 11) is 0. The molecule has 1 aliphatic heterocycles. The van der Waals surface area contributed by atoms with E-state index in [0.29, 0.717) is 18.8 Å². The normalized spacial score (nSPS) is 18.7. The van der Waals surface area contributed by atoms with Gasteiger partial charge < -0.3 is 4.74 Å². The summed E-state index contributed by atoms with van der Waals surface area (Å²) in [4.78, 5) is 11.7. The van der Waals surface area contributed by atoms with Gasteiger partial charge in [-0.1, -0.05) is 32.0 Å². The van der Waals surface area contributed by atoms with Gasteiger partial charge in [0.05, 0.1) is 6.61 Å². The molecule has 1 aliphatic rings. The summed E-state index contributed by atoms with van der Waals surface area (Å²) in [6, 6.07) is 7.99. The fraction of sp³-hybridized carbons (Fsp3) is 0.462. The summed E-state index contributed by atoms with van der Waals surface area (Å²) in [5.74, 6) is 1.65. The van der Waals surface area contributed by atoms with Gasteiger partial charge in [0.2, 0.25) is 0 Å². The van der Waals surface area contributed by atoms with Crippen molar-refractivity contribution < 1.29 is 9.53 Å². The van der Waals surface area contributed by atoms with E-state index >= 15 is 0 Å². The Morgan fingerprint density at radius 2 is 2.20 bits per heavy atom. The first-order valence-corrected chi connectivity index (χ1v) is 5.43. The molecule has 0 radical (unpaired) electrons. The molecule has 0 aliphatic carbocycles. The molecule has 0 N–H and O–H groups in total. The second kappa shape index (κ2) is 4.05. The lowest BCUT2D eigenvalue weighted by molar-refractivity contribution is -0.122. The maximum atomic E-state index is 11.7. The highest BCUT2D eigenvalue weighted by Crippen LogP contribution is 2.35. The summed E-state index contributed by atoms with van der Waals surface area (Å²) in [6.07, 6.45) is 0.606. The molecule has 15 heavy (non-hydrogen) atoms. The van der Waals surface area contributed by atoms with Gasteiger partial charge in [-0.15, -0.1) is 0 Å². The number of carbonyl (C=O) groups excluding carboxylic acids is 1. The lowest BCUT2D eigenvalue weighted by Crippen LogP contribution is -2.13. The Bertz CT molecular complexity index is 369. The maximum Gasteiger partial charge on any atom is 0.136 e. The molecule has 80 valence electrons. The average Bonchev–Trinajstić information content (AvgIpc) is 2.62. The molecule has 0 fully saturated rings. The number of fused-ring (bicyclic) bond motifs is 1. The molecular weight excluding hydrogens is 188 g/mol. The zero-order chi connectivity index (χ0) is 10.8. The minimum Gasteiger partial charge on any atom is -0.493 e. The van der Waals surface area contributed by atoms with Gasteiger partial charge in [-0.2, -0.15) is 0 Å². The Kier molecular flexibility index (Phi) is 2.76. The summed E-state index contributed by atoms with van der Waals surface area (Å²) in [6.45, 7) is 4.55. The predicted molar refractivity (Wildman–Crippen MR) is 59.1 cm³/mol. The summed E-state index contributed by atoms with van der Waals surface area (Å²) >= 11 is 0.